The zero-order chi connectivity index (χ0) is 22.6. The molecule has 1 amide bonds. The van der Waals surface area contributed by atoms with Gasteiger partial charge in [-0.3, -0.25) is 14.6 Å². The summed E-state index contributed by atoms with van der Waals surface area (Å²) in [5, 5.41) is 3.51. The van der Waals surface area contributed by atoms with E-state index >= 15 is 0 Å². The van der Waals surface area contributed by atoms with Gasteiger partial charge < -0.3 is 5.32 Å². The largest absolute Gasteiger partial charge is 0.352 e. The molecule has 1 aliphatic heterocycles. The summed E-state index contributed by atoms with van der Waals surface area (Å²) in [5.41, 5.74) is 1.68. The fraction of sp³-hybridized carbons (Fsp3) is 0.741. The Labute approximate surface area is 190 Å². The zero-order valence-corrected chi connectivity index (χ0v) is 20.7. The van der Waals surface area contributed by atoms with E-state index in [0.29, 0.717) is 17.9 Å². The molecule has 2 unspecified atom stereocenters. The summed E-state index contributed by atoms with van der Waals surface area (Å²) in [4.78, 5) is 18.3. The lowest BCUT2D eigenvalue weighted by molar-refractivity contribution is -0.127. The van der Waals surface area contributed by atoms with Gasteiger partial charge in [-0.05, 0) is 68.0 Å². The molecular formula is C27H45N3O. The Balaban J connectivity index is 1.57. The van der Waals surface area contributed by atoms with Crippen molar-refractivity contribution in [1.82, 2.24) is 15.1 Å². The lowest BCUT2D eigenvalue weighted by Gasteiger charge is -2.32. The number of amides is 1. The summed E-state index contributed by atoms with van der Waals surface area (Å²) < 4.78 is 0. The molecule has 0 bridgehead atoms. The molecule has 174 valence electrons. The summed E-state index contributed by atoms with van der Waals surface area (Å²) in [7, 11) is 2.13. The lowest BCUT2D eigenvalue weighted by atomic mass is 9.91. The first kappa shape index (κ1) is 24.3. The second kappa shape index (κ2) is 10.5. The Morgan fingerprint density at radius 2 is 1.87 bits per heavy atom. The minimum atomic E-state index is -0.0248. The number of rotatable bonds is 9. The Bertz CT molecular complexity index is 696. The van der Waals surface area contributed by atoms with Crippen LogP contribution in [-0.2, 0) is 11.3 Å². The first-order valence-electron chi connectivity index (χ1n) is 12.4. The maximum absolute atomic E-state index is 13.4. The summed E-state index contributed by atoms with van der Waals surface area (Å²) in [6.45, 7) is 15.6. The summed E-state index contributed by atoms with van der Waals surface area (Å²) in [6.07, 6.45) is 4.41. The monoisotopic (exact) mass is 427 g/mol. The van der Waals surface area contributed by atoms with Crippen molar-refractivity contribution in [2.45, 2.75) is 78.9 Å². The molecule has 4 nitrogen and oxygen atoms in total. The first-order chi connectivity index (χ1) is 14.6. The normalized spacial score (nSPS) is 25.2. The molecule has 1 aliphatic carbocycles. The Morgan fingerprint density at radius 1 is 1.16 bits per heavy atom. The molecule has 1 saturated carbocycles. The third-order valence-corrected chi connectivity index (χ3v) is 7.25. The fourth-order valence-corrected chi connectivity index (χ4v) is 5.39. The van der Waals surface area contributed by atoms with Crippen LogP contribution >= 0.6 is 0 Å². The molecule has 2 aliphatic rings. The molecule has 1 N–H and O–H groups in total. The van der Waals surface area contributed by atoms with Crippen molar-refractivity contribution in [3.63, 3.8) is 0 Å². The van der Waals surface area contributed by atoms with Crippen molar-refractivity contribution in [3.05, 3.63) is 35.9 Å². The second-order valence-electron chi connectivity index (χ2n) is 11.7. The molecule has 4 atom stereocenters. The molecule has 0 radical (unpaired) electrons. The van der Waals surface area contributed by atoms with E-state index in [1.807, 2.05) is 0 Å². The number of likely N-dealkylation sites (tertiary alicyclic amines) is 1. The van der Waals surface area contributed by atoms with Gasteiger partial charge in [0.1, 0.15) is 0 Å². The number of benzene rings is 1. The highest BCUT2D eigenvalue weighted by molar-refractivity contribution is 5.82. The van der Waals surface area contributed by atoms with Crippen LogP contribution in [-0.4, -0.2) is 54.5 Å². The lowest BCUT2D eigenvalue weighted by Crippen LogP contribution is -2.51. The van der Waals surface area contributed by atoms with E-state index in [1.165, 1.54) is 18.5 Å². The second-order valence-corrected chi connectivity index (χ2v) is 11.7. The van der Waals surface area contributed by atoms with Crippen molar-refractivity contribution in [3.8, 4) is 0 Å². The molecule has 1 aromatic carbocycles. The highest BCUT2D eigenvalue weighted by atomic mass is 16.2. The van der Waals surface area contributed by atoms with Crippen LogP contribution in [0.15, 0.2) is 30.3 Å². The summed E-state index contributed by atoms with van der Waals surface area (Å²) in [6, 6.07) is 11.1. The van der Waals surface area contributed by atoms with Gasteiger partial charge in [-0.15, -0.1) is 0 Å². The van der Waals surface area contributed by atoms with Gasteiger partial charge in [0.2, 0.25) is 5.91 Å². The fourth-order valence-electron chi connectivity index (χ4n) is 5.39. The number of nitrogens with one attached hydrogen (secondary N) is 1. The van der Waals surface area contributed by atoms with Gasteiger partial charge in [-0.25, -0.2) is 0 Å². The van der Waals surface area contributed by atoms with Crippen LogP contribution in [0, 0.1) is 23.2 Å². The quantitative estimate of drug-likeness (QED) is 0.615. The number of likely N-dealkylation sites (N-methyl/N-ethyl adjacent to an activating group) is 1. The standard InChI is InChI=1S/C27H45N3O/c1-20(2)16-25(29(6)15-14-27(3,4)5)26(31)28-24-13-12-22-18-30(19-23(22)24)17-21-10-8-7-9-11-21/h7-11,20,22-25H,12-19H2,1-6H3,(H,28,31)/t22-,23?,24?,25-/m0/s1. The highest BCUT2D eigenvalue weighted by Gasteiger charge is 2.43. The number of nitrogens with zero attached hydrogens (tertiary/aromatic N) is 2. The van der Waals surface area contributed by atoms with Crippen molar-refractivity contribution >= 4 is 5.91 Å². The van der Waals surface area contributed by atoms with Crippen molar-refractivity contribution < 1.29 is 4.79 Å². The molecule has 31 heavy (non-hydrogen) atoms. The maximum atomic E-state index is 13.4. The Kier molecular flexibility index (Phi) is 8.20. The number of hydrogen-bond acceptors (Lipinski definition) is 3. The molecule has 1 heterocycles. The summed E-state index contributed by atoms with van der Waals surface area (Å²) in [5.74, 6) is 2.10. The van der Waals surface area contributed by atoms with Crippen molar-refractivity contribution in [2.75, 3.05) is 26.7 Å². The third-order valence-electron chi connectivity index (χ3n) is 7.25. The first-order valence-corrected chi connectivity index (χ1v) is 12.4. The minimum Gasteiger partial charge on any atom is -0.352 e. The predicted octanol–water partition coefficient (Wildman–Crippen LogP) is 4.80. The summed E-state index contributed by atoms with van der Waals surface area (Å²) >= 11 is 0. The number of hydrogen-bond donors (Lipinski definition) is 1. The van der Waals surface area contributed by atoms with E-state index in [4.69, 9.17) is 0 Å². The van der Waals surface area contributed by atoms with Crippen LogP contribution in [0.2, 0.25) is 0 Å². The van der Waals surface area contributed by atoms with E-state index in [0.717, 1.165) is 44.8 Å². The van der Waals surface area contributed by atoms with Crippen LogP contribution < -0.4 is 5.32 Å². The molecule has 3 rings (SSSR count). The maximum Gasteiger partial charge on any atom is 0.237 e. The van der Waals surface area contributed by atoms with Crippen LogP contribution in [0.3, 0.4) is 0 Å². The van der Waals surface area contributed by atoms with Gasteiger partial charge in [-0.1, -0.05) is 65.0 Å². The van der Waals surface area contributed by atoms with Crippen LogP contribution in [0.4, 0.5) is 0 Å². The Morgan fingerprint density at radius 3 is 2.52 bits per heavy atom. The average Bonchev–Trinajstić information content (AvgIpc) is 3.25. The molecule has 0 spiro atoms. The molecule has 4 heteroatoms. The average molecular weight is 428 g/mol. The highest BCUT2D eigenvalue weighted by Crippen LogP contribution is 2.38. The number of carbonyl (C=O) groups is 1. The van der Waals surface area contributed by atoms with Gasteiger partial charge in [0.05, 0.1) is 6.04 Å². The topological polar surface area (TPSA) is 35.6 Å². The van der Waals surface area contributed by atoms with E-state index < -0.39 is 0 Å². The molecule has 2 fully saturated rings. The zero-order valence-electron chi connectivity index (χ0n) is 20.7. The molecular weight excluding hydrogens is 382 g/mol. The van der Waals surface area contributed by atoms with Gasteiger partial charge in [0.25, 0.3) is 0 Å². The predicted molar refractivity (Wildman–Crippen MR) is 130 cm³/mol. The number of carbonyl (C=O) groups excluding carboxylic acids is 1. The molecule has 1 aromatic rings. The third kappa shape index (κ3) is 7.05. The van der Waals surface area contributed by atoms with E-state index in [-0.39, 0.29) is 17.4 Å². The number of fused-ring (bicyclic) bond motifs is 1. The van der Waals surface area contributed by atoms with E-state index in [9.17, 15) is 4.79 Å². The van der Waals surface area contributed by atoms with Crippen molar-refractivity contribution in [2.24, 2.45) is 23.2 Å². The van der Waals surface area contributed by atoms with Gasteiger partial charge in [0, 0.05) is 25.7 Å². The Hall–Kier alpha value is -1.39. The van der Waals surface area contributed by atoms with E-state index in [1.54, 1.807) is 0 Å². The van der Waals surface area contributed by atoms with Crippen molar-refractivity contribution in [1.29, 1.82) is 0 Å². The minimum absolute atomic E-state index is 0.0248. The van der Waals surface area contributed by atoms with Crippen LogP contribution in [0.1, 0.15) is 65.9 Å². The molecule has 1 saturated heterocycles. The van der Waals surface area contributed by atoms with Crippen LogP contribution in [0.25, 0.3) is 0 Å². The molecule has 0 aromatic heterocycles. The smallest absolute Gasteiger partial charge is 0.237 e. The van der Waals surface area contributed by atoms with Crippen LogP contribution in [0.5, 0.6) is 0 Å². The van der Waals surface area contributed by atoms with Gasteiger partial charge >= 0.3 is 0 Å². The van der Waals surface area contributed by atoms with Gasteiger partial charge in [-0.2, -0.15) is 0 Å². The van der Waals surface area contributed by atoms with Gasteiger partial charge in [0.15, 0.2) is 0 Å². The SMILES string of the molecule is CC(C)C[C@@H](C(=O)NC1CC[C@H]2CN(Cc3ccccc3)CC12)N(C)CCC(C)(C)C. The van der Waals surface area contributed by atoms with E-state index in [2.05, 4.69) is 87.1 Å².